The van der Waals surface area contributed by atoms with Crippen LogP contribution in [0, 0.1) is 17.0 Å². The highest BCUT2D eigenvalue weighted by Crippen LogP contribution is 2.31. The van der Waals surface area contributed by atoms with E-state index in [2.05, 4.69) is 4.98 Å². The maximum Gasteiger partial charge on any atom is 0.270 e. The van der Waals surface area contributed by atoms with Gasteiger partial charge in [-0.1, -0.05) is 11.6 Å². The van der Waals surface area contributed by atoms with Gasteiger partial charge in [0.05, 0.1) is 9.95 Å². The summed E-state index contributed by atoms with van der Waals surface area (Å²) in [6.07, 6.45) is 1.82. The normalized spacial score (nSPS) is 10.4. The van der Waals surface area contributed by atoms with Crippen molar-refractivity contribution in [2.75, 3.05) is 0 Å². The third kappa shape index (κ3) is 1.92. The van der Waals surface area contributed by atoms with E-state index >= 15 is 0 Å². The number of benzene rings is 1. The quantitative estimate of drug-likeness (QED) is 0.640. The van der Waals surface area contributed by atoms with E-state index in [0.29, 0.717) is 5.02 Å². The first kappa shape index (κ1) is 10.7. The Balaban J connectivity index is 2.47. The van der Waals surface area contributed by atoms with Gasteiger partial charge in [0.15, 0.2) is 0 Å². The van der Waals surface area contributed by atoms with Crippen LogP contribution in [-0.4, -0.2) is 9.91 Å². The monoisotopic (exact) mass is 236 g/mol. The molecule has 0 fully saturated rings. The average molecular weight is 237 g/mol. The Hall–Kier alpha value is -1.81. The van der Waals surface area contributed by atoms with Crippen LogP contribution in [0.3, 0.4) is 0 Å². The van der Waals surface area contributed by atoms with E-state index in [0.717, 1.165) is 16.8 Å². The average Bonchev–Trinajstić information content (AvgIpc) is 2.64. The highest BCUT2D eigenvalue weighted by molar-refractivity contribution is 6.33. The number of hydrogen-bond donors (Lipinski definition) is 1. The van der Waals surface area contributed by atoms with E-state index in [1.807, 2.05) is 19.2 Å². The molecule has 1 N–H and O–H groups in total. The number of rotatable bonds is 2. The second-order valence-corrected chi connectivity index (χ2v) is 3.90. The van der Waals surface area contributed by atoms with Crippen LogP contribution in [0.25, 0.3) is 11.1 Å². The number of aryl methyl sites for hydroxylation is 1. The smallest absolute Gasteiger partial charge is 0.270 e. The summed E-state index contributed by atoms with van der Waals surface area (Å²) in [4.78, 5) is 13.1. The molecule has 0 aliphatic carbocycles. The predicted octanol–water partition coefficient (Wildman–Crippen LogP) is 3.55. The molecule has 0 radical (unpaired) electrons. The molecule has 0 spiro atoms. The zero-order valence-corrected chi connectivity index (χ0v) is 9.28. The minimum atomic E-state index is -0.460. The fraction of sp³-hybridized carbons (Fsp3) is 0.0909. The van der Waals surface area contributed by atoms with Gasteiger partial charge in [0.25, 0.3) is 5.69 Å². The molecule has 16 heavy (non-hydrogen) atoms. The number of nitro groups is 1. The lowest BCUT2D eigenvalue weighted by Crippen LogP contribution is -1.88. The number of nitro benzene ring substituents is 1. The van der Waals surface area contributed by atoms with E-state index in [9.17, 15) is 10.1 Å². The Kier molecular flexibility index (Phi) is 2.66. The summed E-state index contributed by atoms with van der Waals surface area (Å²) in [6, 6.07) is 6.40. The molecular formula is C11H9ClN2O2. The number of halogens is 1. The lowest BCUT2D eigenvalue weighted by molar-refractivity contribution is -0.384. The van der Waals surface area contributed by atoms with Crippen molar-refractivity contribution in [1.82, 2.24) is 4.98 Å². The largest absolute Gasteiger partial charge is 0.365 e. The number of aromatic amines is 1. The fourth-order valence-corrected chi connectivity index (χ4v) is 1.80. The zero-order valence-electron chi connectivity index (χ0n) is 8.53. The van der Waals surface area contributed by atoms with Gasteiger partial charge in [0.2, 0.25) is 0 Å². The van der Waals surface area contributed by atoms with Gasteiger partial charge >= 0.3 is 0 Å². The van der Waals surface area contributed by atoms with Crippen molar-refractivity contribution in [3.05, 3.63) is 51.3 Å². The molecule has 82 valence electrons. The molecule has 2 rings (SSSR count). The van der Waals surface area contributed by atoms with Crippen LogP contribution < -0.4 is 0 Å². The Morgan fingerprint density at radius 2 is 2.12 bits per heavy atom. The van der Waals surface area contributed by atoms with Gasteiger partial charge in [-0.15, -0.1) is 0 Å². The lowest BCUT2D eigenvalue weighted by atomic mass is 10.1. The molecule has 0 unspecified atom stereocenters. The van der Waals surface area contributed by atoms with Crippen molar-refractivity contribution in [2.45, 2.75) is 6.92 Å². The third-order valence-electron chi connectivity index (χ3n) is 2.30. The molecule has 5 heteroatoms. The molecule has 2 aromatic rings. The molecule has 0 aliphatic heterocycles. The van der Waals surface area contributed by atoms with E-state index in [4.69, 9.17) is 11.6 Å². The SMILES string of the molecule is Cc1cc(-c2ccc([N+](=O)[O-])cc2Cl)c[nH]1. The second kappa shape index (κ2) is 3.98. The summed E-state index contributed by atoms with van der Waals surface area (Å²) in [7, 11) is 0. The van der Waals surface area contributed by atoms with Crippen molar-refractivity contribution in [2.24, 2.45) is 0 Å². The molecule has 0 atom stereocenters. The summed E-state index contributed by atoms with van der Waals surface area (Å²) in [5.74, 6) is 0. The Morgan fingerprint density at radius 1 is 1.38 bits per heavy atom. The van der Waals surface area contributed by atoms with E-state index in [1.54, 1.807) is 6.07 Å². The minimum absolute atomic E-state index is 0.000933. The molecule has 1 aromatic heterocycles. The molecule has 0 saturated carbocycles. The number of nitrogens with one attached hydrogen (secondary N) is 1. The van der Waals surface area contributed by atoms with Gasteiger partial charge < -0.3 is 4.98 Å². The molecule has 0 amide bonds. The minimum Gasteiger partial charge on any atom is -0.365 e. The van der Waals surface area contributed by atoms with Crippen LogP contribution >= 0.6 is 11.6 Å². The van der Waals surface area contributed by atoms with Crippen molar-refractivity contribution in [3.8, 4) is 11.1 Å². The lowest BCUT2D eigenvalue weighted by Gasteiger charge is -2.00. The van der Waals surface area contributed by atoms with Gasteiger partial charge in [-0.05, 0) is 19.1 Å². The van der Waals surface area contributed by atoms with Crippen LogP contribution in [0.15, 0.2) is 30.5 Å². The first-order valence-electron chi connectivity index (χ1n) is 4.67. The van der Waals surface area contributed by atoms with Crippen LogP contribution in [0.1, 0.15) is 5.69 Å². The standard InChI is InChI=1S/C11H9ClN2O2/c1-7-4-8(6-13-7)10-3-2-9(14(15)16)5-11(10)12/h2-6,13H,1H3. The highest BCUT2D eigenvalue weighted by Gasteiger charge is 2.11. The van der Waals surface area contributed by atoms with Crippen LogP contribution in [0.2, 0.25) is 5.02 Å². The van der Waals surface area contributed by atoms with Gasteiger partial charge in [-0.25, -0.2) is 0 Å². The van der Waals surface area contributed by atoms with Gasteiger partial charge in [-0.3, -0.25) is 10.1 Å². The molecular weight excluding hydrogens is 228 g/mol. The number of non-ortho nitro benzene ring substituents is 1. The number of nitrogens with zero attached hydrogens (tertiary/aromatic N) is 1. The molecule has 1 aromatic carbocycles. The fourth-order valence-electron chi connectivity index (χ4n) is 1.52. The summed E-state index contributed by atoms with van der Waals surface area (Å²) in [5, 5.41) is 10.9. The Morgan fingerprint density at radius 3 is 2.62 bits per heavy atom. The van der Waals surface area contributed by atoms with Crippen molar-refractivity contribution in [1.29, 1.82) is 0 Å². The van der Waals surface area contributed by atoms with E-state index in [-0.39, 0.29) is 5.69 Å². The zero-order chi connectivity index (χ0) is 11.7. The number of H-pyrrole nitrogens is 1. The van der Waals surface area contributed by atoms with Crippen molar-refractivity contribution < 1.29 is 4.92 Å². The van der Waals surface area contributed by atoms with Gasteiger partial charge in [0, 0.05) is 35.2 Å². The van der Waals surface area contributed by atoms with Crippen LogP contribution in [0.5, 0.6) is 0 Å². The summed E-state index contributed by atoms with van der Waals surface area (Å²) in [6.45, 7) is 1.93. The maximum atomic E-state index is 10.5. The first-order valence-corrected chi connectivity index (χ1v) is 5.05. The number of aromatic nitrogens is 1. The maximum absolute atomic E-state index is 10.5. The van der Waals surface area contributed by atoms with Crippen LogP contribution in [-0.2, 0) is 0 Å². The summed E-state index contributed by atoms with van der Waals surface area (Å²) >= 11 is 6.00. The first-order chi connectivity index (χ1) is 7.58. The van der Waals surface area contributed by atoms with Crippen molar-refractivity contribution >= 4 is 17.3 Å². The van der Waals surface area contributed by atoms with Crippen molar-refractivity contribution in [3.63, 3.8) is 0 Å². The van der Waals surface area contributed by atoms with Gasteiger partial charge in [-0.2, -0.15) is 0 Å². The van der Waals surface area contributed by atoms with E-state index in [1.165, 1.54) is 12.1 Å². The predicted molar refractivity (Wildman–Crippen MR) is 62.6 cm³/mol. The summed E-state index contributed by atoms with van der Waals surface area (Å²) in [5.41, 5.74) is 2.74. The molecule has 0 aliphatic rings. The Labute approximate surface area is 97.0 Å². The second-order valence-electron chi connectivity index (χ2n) is 3.49. The topological polar surface area (TPSA) is 58.9 Å². The van der Waals surface area contributed by atoms with Gasteiger partial charge in [0.1, 0.15) is 0 Å². The summed E-state index contributed by atoms with van der Waals surface area (Å²) < 4.78 is 0. The molecule has 0 bridgehead atoms. The number of hydrogen-bond acceptors (Lipinski definition) is 2. The molecule has 1 heterocycles. The molecule has 4 nitrogen and oxygen atoms in total. The van der Waals surface area contributed by atoms with E-state index < -0.39 is 4.92 Å². The Bertz CT molecular complexity index is 549. The van der Waals surface area contributed by atoms with Crippen LogP contribution in [0.4, 0.5) is 5.69 Å². The molecule has 0 saturated heterocycles. The highest BCUT2D eigenvalue weighted by atomic mass is 35.5. The third-order valence-corrected chi connectivity index (χ3v) is 2.61.